The van der Waals surface area contributed by atoms with Gasteiger partial charge in [0, 0.05) is 19.3 Å². The van der Waals surface area contributed by atoms with E-state index in [2.05, 4.69) is 6.92 Å². The van der Waals surface area contributed by atoms with Crippen molar-refractivity contribution in [2.24, 2.45) is 0 Å². The van der Waals surface area contributed by atoms with Crippen LogP contribution in [0.4, 0.5) is 0 Å². The quantitative estimate of drug-likeness (QED) is 0.801. The van der Waals surface area contributed by atoms with E-state index in [1.165, 1.54) is 7.11 Å². The average Bonchev–Trinajstić information content (AvgIpc) is 2.63. The smallest absolute Gasteiger partial charge is 0.186 e. The van der Waals surface area contributed by atoms with Crippen LogP contribution in [0, 0.1) is 0 Å². The van der Waals surface area contributed by atoms with E-state index in [-0.39, 0.29) is 6.10 Å². The summed E-state index contributed by atoms with van der Waals surface area (Å²) in [5, 5.41) is 10.5. The number of hydrogen-bond donors (Lipinski definition) is 1. The van der Waals surface area contributed by atoms with Crippen molar-refractivity contribution in [2.75, 3.05) is 20.3 Å². The molecule has 1 N–H and O–H groups in total. The Balaban J connectivity index is 1.73. The molecule has 2 fully saturated rings. The van der Waals surface area contributed by atoms with Gasteiger partial charge >= 0.3 is 0 Å². The van der Waals surface area contributed by atoms with Crippen molar-refractivity contribution in [1.29, 1.82) is 0 Å². The minimum atomic E-state index is -0.900. The van der Waals surface area contributed by atoms with Gasteiger partial charge in [0.15, 0.2) is 12.6 Å². The molecule has 2 aliphatic heterocycles. The third-order valence-electron chi connectivity index (χ3n) is 4.42. The van der Waals surface area contributed by atoms with E-state index in [4.69, 9.17) is 23.7 Å². The first-order valence-electron chi connectivity index (χ1n) is 8.54. The Kier molecular flexibility index (Phi) is 6.21. The number of aliphatic hydroxyl groups excluding tert-OH is 1. The Morgan fingerprint density at radius 3 is 2.71 bits per heavy atom. The molecule has 0 amide bonds. The number of ether oxygens (including phenoxy) is 5. The first-order valence-corrected chi connectivity index (χ1v) is 8.54. The van der Waals surface area contributed by atoms with Gasteiger partial charge in [0.2, 0.25) is 0 Å². The number of methoxy groups -OCH3 is 1. The van der Waals surface area contributed by atoms with Crippen molar-refractivity contribution in [1.82, 2.24) is 0 Å². The molecule has 1 aromatic carbocycles. The SMILES string of the molecule is CCCCOC1C(O)[C@@H](OC)OC2COC(c3ccccc3)O[C@H]21. The molecule has 2 heterocycles. The monoisotopic (exact) mass is 338 g/mol. The topological polar surface area (TPSA) is 66.4 Å². The Bertz CT molecular complexity index is 496. The summed E-state index contributed by atoms with van der Waals surface area (Å²) >= 11 is 0. The second-order valence-corrected chi connectivity index (χ2v) is 6.13. The van der Waals surface area contributed by atoms with E-state index in [9.17, 15) is 5.11 Å². The summed E-state index contributed by atoms with van der Waals surface area (Å²) in [5.41, 5.74) is 0.937. The van der Waals surface area contributed by atoms with Gasteiger partial charge in [-0.1, -0.05) is 43.7 Å². The fourth-order valence-corrected chi connectivity index (χ4v) is 3.09. The minimum Gasteiger partial charge on any atom is -0.385 e. The maximum atomic E-state index is 10.5. The summed E-state index contributed by atoms with van der Waals surface area (Å²) in [6.07, 6.45) is -1.40. The van der Waals surface area contributed by atoms with Gasteiger partial charge in [0.05, 0.1) is 6.61 Å². The van der Waals surface area contributed by atoms with Crippen molar-refractivity contribution in [3.63, 3.8) is 0 Å². The molecule has 2 aliphatic rings. The highest BCUT2D eigenvalue weighted by Crippen LogP contribution is 2.35. The molecule has 2 saturated heterocycles. The van der Waals surface area contributed by atoms with Crippen LogP contribution in [0.25, 0.3) is 0 Å². The van der Waals surface area contributed by atoms with Gasteiger partial charge in [-0.25, -0.2) is 0 Å². The number of fused-ring (bicyclic) bond motifs is 1. The zero-order valence-electron chi connectivity index (χ0n) is 14.2. The van der Waals surface area contributed by atoms with E-state index in [0.29, 0.717) is 13.2 Å². The van der Waals surface area contributed by atoms with Gasteiger partial charge in [-0.3, -0.25) is 0 Å². The largest absolute Gasteiger partial charge is 0.385 e. The van der Waals surface area contributed by atoms with Crippen LogP contribution in [0.2, 0.25) is 0 Å². The fraction of sp³-hybridized carbons (Fsp3) is 0.667. The molecule has 6 atom stereocenters. The molecular formula is C18H26O6. The molecule has 3 rings (SSSR count). The van der Waals surface area contributed by atoms with E-state index < -0.39 is 30.9 Å². The second kappa shape index (κ2) is 8.38. The van der Waals surface area contributed by atoms with Gasteiger partial charge in [0.25, 0.3) is 0 Å². The molecular weight excluding hydrogens is 312 g/mol. The van der Waals surface area contributed by atoms with E-state index in [1.807, 2.05) is 30.3 Å². The van der Waals surface area contributed by atoms with Crippen LogP contribution in [0.1, 0.15) is 31.6 Å². The van der Waals surface area contributed by atoms with Crippen molar-refractivity contribution < 1.29 is 28.8 Å². The third kappa shape index (κ3) is 3.79. The summed E-state index contributed by atoms with van der Waals surface area (Å²) in [5.74, 6) is 0. The Morgan fingerprint density at radius 2 is 2.00 bits per heavy atom. The molecule has 1 aromatic rings. The van der Waals surface area contributed by atoms with Crippen LogP contribution >= 0.6 is 0 Å². The highest BCUT2D eigenvalue weighted by atomic mass is 16.8. The normalized spacial score (nSPS) is 36.3. The van der Waals surface area contributed by atoms with E-state index in [0.717, 1.165) is 18.4 Å². The van der Waals surface area contributed by atoms with Crippen LogP contribution in [0.3, 0.4) is 0 Å². The van der Waals surface area contributed by atoms with Gasteiger partial charge in [0.1, 0.15) is 24.4 Å². The van der Waals surface area contributed by atoms with Crippen LogP contribution < -0.4 is 0 Å². The molecule has 0 aliphatic carbocycles. The van der Waals surface area contributed by atoms with Gasteiger partial charge in [-0.05, 0) is 6.42 Å². The Labute approximate surface area is 142 Å². The standard InChI is InChI=1S/C18H26O6/c1-3-4-10-21-16-14(19)18(20-2)23-13-11-22-17(24-15(13)16)12-8-6-5-7-9-12/h5-9,13-19H,3-4,10-11H2,1-2H3/t13?,14?,15-,16?,17?,18+/m1/s1. The zero-order chi connectivity index (χ0) is 16.9. The molecule has 134 valence electrons. The van der Waals surface area contributed by atoms with Crippen molar-refractivity contribution in [3.8, 4) is 0 Å². The molecule has 24 heavy (non-hydrogen) atoms. The first-order chi connectivity index (χ1) is 11.7. The lowest BCUT2D eigenvalue weighted by molar-refractivity contribution is -0.362. The van der Waals surface area contributed by atoms with Crippen molar-refractivity contribution in [2.45, 2.75) is 56.8 Å². The lowest BCUT2D eigenvalue weighted by atomic mass is 9.97. The lowest BCUT2D eigenvalue weighted by Gasteiger charge is -2.47. The highest BCUT2D eigenvalue weighted by Gasteiger charge is 2.50. The average molecular weight is 338 g/mol. The van der Waals surface area contributed by atoms with E-state index in [1.54, 1.807) is 0 Å². The molecule has 0 radical (unpaired) electrons. The first kappa shape index (κ1) is 17.8. The third-order valence-corrected chi connectivity index (χ3v) is 4.42. The number of aliphatic hydroxyl groups is 1. The maximum absolute atomic E-state index is 10.5. The number of benzene rings is 1. The highest BCUT2D eigenvalue weighted by molar-refractivity contribution is 5.16. The van der Waals surface area contributed by atoms with Crippen LogP contribution in [-0.2, 0) is 23.7 Å². The molecule has 0 aromatic heterocycles. The van der Waals surface area contributed by atoms with Crippen LogP contribution in [0.15, 0.2) is 30.3 Å². The maximum Gasteiger partial charge on any atom is 0.186 e. The second-order valence-electron chi connectivity index (χ2n) is 6.13. The fourth-order valence-electron chi connectivity index (χ4n) is 3.09. The Hall–Kier alpha value is -1.02. The summed E-state index contributed by atoms with van der Waals surface area (Å²) in [4.78, 5) is 0. The predicted octanol–water partition coefficient (Wildman–Crippen LogP) is 2.02. The summed E-state index contributed by atoms with van der Waals surface area (Å²) in [7, 11) is 1.51. The van der Waals surface area contributed by atoms with Gasteiger partial charge in [-0.15, -0.1) is 0 Å². The van der Waals surface area contributed by atoms with E-state index >= 15 is 0 Å². The Morgan fingerprint density at radius 1 is 1.21 bits per heavy atom. The van der Waals surface area contributed by atoms with Crippen molar-refractivity contribution in [3.05, 3.63) is 35.9 Å². The van der Waals surface area contributed by atoms with Crippen LogP contribution in [-0.4, -0.2) is 56.1 Å². The summed E-state index contributed by atoms with van der Waals surface area (Å²) in [6, 6.07) is 9.74. The number of rotatable bonds is 6. The van der Waals surface area contributed by atoms with Crippen LogP contribution in [0.5, 0.6) is 0 Å². The molecule has 0 spiro atoms. The summed E-state index contributed by atoms with van der Waals surface area (Å²) < 4.78 is 28.8. The molecule has 0 bridgehead atoms. The lowest BCUT2D eigenvalue weighted by Crippen LogP contribution is -2.62. The molecule has 6 heteroatoms. The van der Waals surface area contributed by atoms with Crippen molar-refractivity contribution >= 4 is 0 Å². The predicted molar refractivity (Wildman–Crippen MR) is 86.3 cm³/mol. The molecule has 6 nitrogen and oxygen atoms in total. The zero-order valence-corrected chi connectivity index (χ0v) is 14.2. The minimum absolute atomic E-state index is 0.329. The summed E-state index contributed by atoms with van der Waals surface area (Å²) in [6.45, 7) is 3.03. The number of hydrogen-bond acceptors (Lipinski definition) is 6. The molecule has 0 saturated carbocycles. The number of unbranched alkanes of at least 4 members (excludes halogenated alkanes) is 1. The van der Waals surface area contributed by atoms with Gasteiger partial charge < -0.3 is 28.8 Å². The van der Waals surface area contributed by atoms with Gasteiger partial charge in [-0.2, -0.15) is 0 Å². The molecule has 4 unspecified atom stereocenters.